The molecule has 0 aliphatic carbocycles. The SMILES string of the molecule is Cc1cc(NC(=O)c2ccc(Cl)nc2)c(C(=O)O)[nH]1. The maximum absolute atomic E-state index is 11.9. The molecule has 0 atom stereocenters. The predicted octanol–water partition coefficient (Wildman–Crippen LogP) is 2.32. The second-order valence-corrected chi connectivity index (χ2v) is 4.26. The highest BCUT2D eigenvalue weighted by Gasteiger charge is 2.16. The van der Waals surface area contributed by atoms with Crippen molar-refractivity contribution in [1.82, 2.24) is 9.97 Å². The van der Waals surface area contributed by atoms with Crippen molar-refractivity contribution in [3.8, 4) is 0 Å². The Bertz CT molecular complexity index is 634. The monoisotopic (exact) mass is 279 g/mol. The molecule has 0 radical (unpaired) electrons. The quantitative estimate of drug-likeness (QED) is 0.751. The number of rotatable bonds is 3. The molecule has 0 saturated carbocycles. The molecule has 19 heavy (non-hydrogen) atoms. The molecular formula is C12H10ClN3O3. The lowest BCUT2D eigenvalue weighted by Gasteiger charge is -2.04. The molecule has 2 aromatic heterocycles. The van der Waals surface area contributed by atoms with Crippen LogP contribution in [0.1, 0.15) is 26.5 Å². The van der Waals surface area contributed by atoms with E-state index in [1.165, 1.54) is 18.3 Å². The molecule has 0 spiro atoms. The van der Waals surface area contributed by atoms with Gasteiger partial charge in [0.2, 0.25) is 0 Å². The summed E-state index contributed by atoms with van der Waals surface area (Å²) in [5.74, 6) is -1.59. The van der Waals surface area contributed by atoms with Gasteiger partial charge in [-0.1, -0.05) is 11.6 Å². The molecule has 0 aliphatic heterocycles. The molecule has 2 rings (SSSR count). The summed E-state index contributed by atoms with van der Waals surface area (Å²) in [6.07, 6.45) is 1.32. The largest absolute Gasteiger partial charge is 0.477 e. The Morgan fingerprint density at radius 1 is 1.42 bits per heavy atom. The second kappa shape index (κ2) is 5.11. The number of nitrogens with one attached hydrogen (secondary N) is 2. The summed E-state index contributed by atoms with van der Waals surface area (Å²) in [4.78, 5) is 29.3. The summed E-state index contributed by atoms with van der Waals surface area (Å²) in [6.45, 7) is 1.70. The van der Waals surface area contributed by atoms with E-state index in [1.54, 1.807) is 13.0 Å². The van der Waals surface area contributed by atoms with Gasteiger partial charge in [0.1, 0.15) is 10.8 Å². The van der Waals surface area contributed by atoms with E-state index in [9.17, 15) is 9.59 Å². The Hall–Kier alpha value is -2.34. The molecule has 1 amide bonds. The van der Waals surface area contributed by atoms with E-state index in [2.05, 4.69) is 15.3 Å². The van der Waals surface area contributed by atoms with E-state index in [0.717, 1.165) is 0 Å². The second-order valence-electron chi connectivity index (χ2n) is 3.87. The Morgan fingerprint density at radius 3 is 2.74 bits per heavy atom. The number of aromatic amines is 1. The zero-order valence-electron chi connectivity index (χ0n) is 9.90. The van der Waals surface area contributed by atoms with Crippen LogP contribution >= 0.6 is 11.6 Å². The standard InChI is InChI=1S/C12H10ClN3O3/c1-6-4-8(10(15-6)12(18)19)16-11(17)7-2-3-9(13)14-5-7/h2-5,15H,1H3,(H,16,17)(H,18,19). The van der Waals surface area contributed by atoms with Gasteiger partial charge in [0.25, 0.3) is 5.91 Å². The number of anilines is 1. The summed E-state index contributed by atoms with van der Waals surface area (Å²) in [5, 5.41) is 11.8. The number of hydrogen-bond donors (Lipinski definition) is 3. The molecule has 2 aromatic rings. The zero-order valence-corrected chi connectivity index (χ0v) is 10.7. The smallest absolute Gasteiger partial charge is 0.354 e. The minimum Gasteiger partial charge on any atom is -0.477 e. The predicted molar refractivity (Wildman–Crippen MR) is 69.7 cm³/mol. The van der Waals surface area contributed by atoms with E-state index in [1.807, 2.05) is 0 Å². The van der Waals surface area contributed by atoms with Crippen molar-refractivity contribution in [3.63, 3.8) is 0 Å². The summed E-state index contributed by atoms with van der Waals surface area (Å²) >= 11 is 5.62. The molecule has 3 N–H and O–H groups in total. The van der Waals surface area contributed by atoms with Gasteiger partial charge >= 0.3 is 5.97 Å². The fourth-order valence-corrected chi connectivity index (χ4v) is 1.67. The third kappa shape index (κ3) is 2.92. The van der Waals surface area contributed by atoms with Crippen LogP contribution in [-0.2, 0) is 0 Å². The maximum Gasteiger partial charge on any atom is 0.354 e. The number of aromatic carboxylic acids is 1. The van der Waals surface area contributed by atoms with E-state index in [-0.39, 0.29) is 16.5 Å². The number of aryl methyl sites for hydroxylation is 1. The van der Waals surface area contributed by atoms with Crippen molar-refractivity contribution in [2.24, 2.45) is 0 Å². The minimum atomic E-state index is -1.14. The third-order valence-corrected chi connectivity index (χ3v) is 2.63. The first-order valence-electron chi connectivity index (χ1n) is 5.33. The topological polar surface area (TPSA) is 95.1 Å². The highest BCUT2D eigenvalue weighted by Crippen LogP contribution is 2.18. The number of halogens is 1. The van der Waals surface area contributed by atoms with Crippen molar-refractivity contribution in [1.29, 1.82) is 0 Å². The molecule has 0 aliphatic rings. The summed E-state index contributed by atoms with van der Waals surface area (Å²) in [5.41, 5.74) is 1.08. The Kier molecular flexibility index (Phi) is 3.52. The molecule has 2 heterocycles. The Morgan fingerprint density at radius 2 is 2.16 bits per heavy atom. The summed E-state index contributed by atoms with van der Waals surface area (Å²) in [6, 6.07) is 4.53. The van der Waals surface area contributed by atoms with Gasteiger partial charge in [0, 0.05) is 11.9 Å². The average molecular weight is 280 g/mol. The van der Waals surface area contributed by atoms with Crippen LogP contribution in [0, 0.1) is 6.92 Å². The van der Waals surface area contributed by atoms with Crippen molar-refractivity contribution in [2.45, 2.75) is 6.92 Å². The van der Waals surface area contributed by atoms with Gasteiger partial charge in [-0.05, 0) is 25.1 Å². The Labute approximate surface area is 113 Å². The van der Waals surface area contributed by atoms with Crippen LogP contribution in [0.2, 0.25) is 5.15 Å². The van der Waals surface area contributed by atoms with Crippen molar-refractivity contribution in [2.75, 3.05) is 5.32 Å². The number of carbonyl (C=O) groups is 2. The number of pyridine rings is 1. The molecule has 0 fully saturated rings. The number of carbonyl (C=O) groups excluding carboxylic acids is 1. The molecule has 0 saturated heterocycles. The highest BCUT2D eigenvalue weighted by molar-refractivity contribution is 6.29. The van der Waals surface area contributed by atoms with Gasteiger partial charge in [-0.15, -0.1) is 0 Å². The van der Waals surface area contributed by atoms with Crippen molar-refractivity contribution in [3.05, 3.63) is 46.5 Å². The van der Waals surface area contributed by atoms with Crippen molar-refractivity contribution >= 4 is 29.2 Å². The molecule has 7 heteroatoms. The molecule has 0 bridgehead atoms. The number of aromatic nitrogens is 2. The fourth-order valence-electron chi connectivity index (χ4n) is 1.56. The maximum atomic E-state index is 11.9. The van der Waals surface area contributed by atoms with E-state index in [4.69, 9.17) is 16.7 Å². The number of hydrogen-bond acceptors (Lipinski definition) is 3. The normalized spacial score (nSPS) is 10.2. The first kappa shape index (κ1) is 13.1. The lowest BCUT2D eigenvalue weighted by molar-refractivity contribution is 0.0692. The number of amides is 1. The van der Waals surface area contributed by atoms with E-state index < -0.39 is 11.9 Å². The van der Waals surface area contributed by atoms with Crippen molar-refractivity contribution < 1.29 is 14.7 Å². The molecular weight excluding hydrogens is 270 g/mol. The first-order valence-corrected chi connectivity index (χ1v) is 5.71. The number of carboxylic acids is 1. The van der Waals surface area contributed by atoms with Crippen LogP contribution in [0.3, 0.4) is 0 Å². The fraction of sp³-hybridized carbons (Fsp3) is 0.0833. The number of nitrogens with zero attached hydrogens (tertiary/aromatic N) is 1. The highest BCUT2D eigenvalue weighted by atomic mass is 35.5. The number of carboxylic acid groups (broad SMARTS) is 1. The lowest BCUT2D eigenvalue weighted by Crippen LogP contribution is -2.14. The van der Waals surface area contributed by atoms with Crippen LogP contribution in [0.25, 0.3) is 0 Å². The van der Waals surface area contributed by atoms with Gasteiger partial charge in [-0.25, -0.2) is 9.78 Å². The zero-order chi connectivity index (χ0) is 14.0. The van der Waals surface area contributed by atoms with Crippen LogP contribution in [-0.4, -0.2) is 27.0 Å². The van der Waals surface area contributed by atoms with Gasteiger partial charge in [-0.3, -0.25) is 4.79 Å². The van der Waals surface area contributed by atoms with E-state index >= 15 is 0 Å². The Balaban J connectivity index is 2.24. The molecule has 0 aromatic carbocycles. The van der Waals surface area contributed by atoms with Crippen LogP contribution in [0.15, 0.2) is 24.4 Å². The van der Waals surface area contributed by atoms with Gasteiger partial charge in [0.15, 0.2) is 0 Å². The molecule has 98 valence electrons. The third-order valence-electron chi connectivity index (χ3n) is 2.40. The summed E-state index contributed by atoms with van der Waals surface area (Å²) < 4.78 is 0. The van der Waals surface area contributed by atoms with Crippen LogP contribution < -0.4 is 5.32 Å². The van der Waals surface area contributed by atoms with Gasteiger partial charge in [0.05, 0.1) is 11.3 Å². The lowest BCUT2D eigenvalue weighted by atomic mass is 10.2. The molecule has 0 unspecified atom stereocenters. The van der Waals surface area contributed by atoms with E-state index in [0.29, 0.717) is 11.3 Å². The summed E-state index contributed by atoms with van der Waals surface area (Å²) in [7, 11) is 0. The van der Waals surface area contributed by atoms with Crippen LogP contribution in [0.5, 0.6) is 0 Å². The van der Waals surface area contributed by atoms with Crippen LogP contribution in [0.4, 0.5) is 5.69 Å². The first-order chi connectivity index (χ1) is 8.97. The van der Waals surface area contributed by atoms with Gasteiger partial charge in [-0.2, -0.15) is 0 Å². The van der Waals surface area contributed by atoms with Gasteiger partial charge < -0.3 is 15.4 Å². The number of H-pyrrole nitrogens is 1. The minimum absolute atomic E-state index is 0.0622. The average Bonchev–Trinajstić information content (AvgIpc) is 2.71. The molecule has 6 nitrogen and oxygen atoms in total.